The molecule has 47 heavy (non-hydrogen) atoms. The lowest BCUT2D eigenvalue weighted by atomic mass is 9.96. The van der Waals surface area contributed by atoms with E-state index in [-0.39, 0.29) is 0 Å². The number of fused-ring (bicyclic) bond motifs is 8. The van der Waals surface area contributed by atoms with E-state index in [0.717, 1.165) is 82.9 Å². The molecule has 0 saturated heterocycles. The van der Waals surface area contributed by atoms with Crippen molar-refractivity contribution in [1.29, 1.82) is 0 Å². The SMILES string of the molecule is c1ccc(-c2ccc3oc4c(-c5ccc(-c6cccc7oc8c9ccccc9n(-c9ccccc9)c8c67)cc5)cccc4c3c2)cc1. The second kappa shape index (κ2) is 10.1. The summed E-state index contributed by atoms with van der Waals surface area (Å²) in [5.41, 5.74) is 13.8. The molecule has 220 valence electrons. The van der Waals surface area contributed by atoms with Gasteiger partial charge in [0.05, 0.1) is 10.9 Å². The fourth-order valence-corrected chi connectivity index (χ4v) is 7.26. The zero-order valence-corrected chi connectivity index (χ0v) is 25.4. The maximum Gasteiger partial charge on any atom is 0.161 e. The predicted octanol–water partition coefficient (Wildman–Crippen LogP) is 12.4. The van der Waals surface area contributed by atoms with Crippen LogP contribution in [0.1, 0.15) is 0 Å². The Morgan fingerprint density at radius 1 is 0.383 bits per heavy atom. The molecule has 0 amide bonds. The standard InChI is InChI=1S/C44H27NO2/c1-3-11-28(12-4-1)31-25-26-39-37(27-31)35-18-9-17-34(43(35)46-39)30-23-21-29(22-24-30)33-16-10-20-40-41(33)42-44(47-40)36-15-7-8-19-38(36)45(42)32-13-5-2-6-14-32/h1-27H. The lowest BCUT2D eigenvalue weighted by molar-refractivity contribution is 0.670. The summed E-state index contributed by atoms with van der Waals surface area (Å²) >= 11 is 0. The van der Waals surface area contributed by atoms with Crippen molar-refractivity contribution >= 4 is 54.9 Å². The van der Waals surface area contributed by atoms with E-state index in [2.05, 4.69) is 162 Å². The van der Waals surface area contributed by atoms with Crippen LogP contribution >= 0.6 is 0 Å². The van der Waals surface area contributed by atoms with Crippen LogP contribution in [0.5, 0.6) is 0 Å². The van der Waals surface area contributed by atoms with Gasteiger partial charge in [0.15, 0.2) is 5.58 Å². The number of para-hydroxylation sites is 3. The molecule has 0 aliphatic heterocycles. The molecule has 0 unspecified atom stereocenters. The van der Waals surface area contributed by atoms with Gasteiger partial charge in [-0.3, -0.25) is 0 Å². The molecule has 0 aliphatic carbocycles. The molecule has 0 saturated carbocycles. The van der Waals surface area contributed by atoms with E-state index in [1.54, 1.807) is 0 Å². The van der Waals surface area contributed by atoms with Crippen LogP contribution in [-0.2, 0) is 0 Å². The van der Waals surface area contributed by atoms with Crippen molar-refractivity contribution < 1.29 is 8.83 Å². The minimum Gasteiger partial charge on any atom is -0.455 e. The molecule has 0 spiro atoms. The summed E-state index contributed by atoms with van der Waals surface area (Å²) in [5.74, 6) is 0. The normalized spacial score (nSPS) is 11.8. The molecule has 10 aromatic rings. The third-order valence-electron chi connectivity index (χ3n) is 9.43. The van der Waals surface area contributed by atoms with E-state index >= 15 is 0 Å². The molecule has 0 fully saturated rings. The van der Waals surface area contributed by atoms with Gasteiger partial charge in [0.1, 0.15) is 22.3 Å². The smallest absolute Gasteiger partial charge is 0.161 e. The number of hydrogen-bond donors (Lipinski definition) is 0. The third kappa shape index (κ3) is 3.93. The highest BCUT2D eigenvalue weighted by Crippen LogP contribution is 2.43. The fourth-order valence-electron chi connectivity index (χ4n) is 7.26. The summed E-state index contributed by atoms with van der Waals surface area (Å²) in [5, 5.41) is 4.48. The highest BCUT2D eigenvalue weighted by Gasteiger charge is 2.22. The maximum atomic E-state index is 6.60. The zero-order chi connectivity index (χ0) is 30.9. The minimum absolute atomic E-state index is 0.883. The maximum absolute atomic E-state index is 6.60. The largest absolute Gasteiger partial charge is 0.455 e. The fraction of sp³-hybridized carbons (Fsp3) is 0. The molecule has 3 heterocycles. The quantitative estimate of drug-likeness (QED) is 0.201. The van der Waals surface area contributed by atoms with Crippen molar-refractivity contribution in [3.05, 3.63) is 164 Å². The van der Waals surface area contributed by atoms with Crippen LogP contribution in [0.3, 0.4) is 0 Å². The number of furan rings is 2. The van der Waals surface area contributed by atoms with E-state index in [0.29, 0.717) is 0 Å². The van der Waals surface area contributed by atoms with Crippen molar-refractivity contribution in [2.45, 2.75) is 0 Å². The zero-order valence-electron chi connectivity index (χ0n) is 25.4. The van der Waals surface area contributed by atoms with Gasteiger partial charge in [-0.2, -0.15) is 0 Å². The molecule has 7 aromatic carbocycles. The van der Waals surface area contributed by atoms with Crippen LogP contribution < -0.4 is 0 Å². The van der Waals surface area contributed by atoms with E-state index in [9.17, 15) is 0 Å². The number of hydrogen-bond acceptors (Lipinski definition) is 2. The Balaban J connectivity index is 1.12. The molecule has 0 atom stereocenters. The first-order valence-corrected chi connectivity index (χ1v) is 15.9. The average molecular weight is 602 g/mol. The summed E-state index contributed by atoms with van der Waals surface area (Å²) in [7, 11) is 0. The van der Waals surface area contributed by atoms with Gasteiger partial charge in [-0.1, -0.05) is 121 Å². The molecule has 3 nitrogen and oxygen atoms in total. The first-order chi connectivity index (χ1) is 23.3. The van der Waals surface area contributed by atoms with Crippen molar-refractivity contribution in [1.82, 2.24) is 4.57 Å². The summed E-state index contributed by atoms with van der Waals surface area (Å²) in [4.78, 5) is 0. The topological polar surface area (TPSA) is 31.2 Å². The predicted molar refractivity (Wildman–Crippen MR) is 194 cm³/mol. The average Bonchev–Trinajstić information content (AvgIpc) is 3.81. The van der Waals surface area contributed by atoms with E-state index in [4.69, 9.17) is 8.83 Å². The van der Waals surface area contributed by atoms with Gasteiger partial charge in [0.2, 0.25) is 0 Å². The molecule has 0 bridgehead atoms. The summed E-state index contributed by atoms with van der Waals surface area (Å²) in [6.45, 7) is 0. The van der Waals surface area contributed by atoms with E-state index in [1.807, 2.05) is 6.07 Å². The van der Waals surface area contributed by atoms with Crippen molar-refractivity contribution in [2.75, 3.05) is 0 Å². The highest BCUT2D eigenvalue weighted by molar-refractivity contribution is 6.20. The Kier molecular flexibility index (Phi) is 5.57. The number of nitrogens with zero attached hydrogens (tertiary/aromatic N) is 1. The number of rotatable bonds is 4. The Morgan fingerprint density at radius 3 is 1.85 bits per heavy atom. The van der Waals surface area contributed by atoms with Crippen LogP contribution in [0.2, 0.25) is 0 Å². The van der Waals surface area contributed by atoms with Gasteiger partial charge < -0.3 is 13.4 Å². The van der Waals surface area contributed by atoms with Gasteiger partial charge in [-0.05, 0) is 70.3 Å². The second-order valence-electron chi connectivity index (χ2n) is 12.1. The van der Waals surface area contributed by atoms with Crippen molar-refractivity contribution in [2.24, 2.45) is 0 Å². The van der Waals surface area contributed by atoms with E-state index < -0.39 is 0 Å². The minimum atomic E-state index is 0.883. The van der Waals surface area contributed by atoms with Crippen LogP contribution in [-0.4, -0.2) is 4.57 Å². The van der Waals surface area contributed by atoms with E-state index in [1.165, 1.54) is 11.1 Å². The first-order valence-electron chi connectivity index (χ1n) is 15.9. The molecule has 3 heteroatoms. The highest BCUT2D eigenvalue weighted by atomic mass is 16.3. The molecular weight excluding hydrogens is 574 g/mol. The summed E-state index contributed by atoms with van der Waals surface area (Å²) in [6.07, 6.45) is 0. The Morgan fingerprint density at radius 2 is 1.02 bits per heavy atom. The van der Waals surface area contributed by atoms with Crippen molar-refractivity contribution in [3.63, 3.8) is 0 Å². The molecule has 0 aliphatic rings. The molecular formula is C44H27NO2. The molecule has 3 aromatic heterocycles. The number of benzene rings is 7. The summed E-state index contributed by atoms with van der Waals surface area (Å²) < 4.78 is 15.4. The molecule has 10 rings (SSSR count). The summed E-state index contributed by atoms with van der Waals surface area (Å²) in [6, 6.07) is 57.6. The van der Waals surface area contributed by atoms with Crippen LogP contribution in [0.25, 0.3) is 94.0 Å². The number of aromatic nitrogens is 1. The van der Waals surface area contributed by atoms with Gasteiger partial charge in [-0.25, -0.2) is 0 Å². The van der Waals surface area contributed by atoms with Crippen molar-refractivity contribution in [3.8, 4) is 39.1 Å². The Hall–Kier alpha value is -6.32. The van der Waals surface area contributed by atoms with Crippen LogP contribution in [0, 0.1) is 0 Å². The monoisotopic (exact) mass is 601 g/mol. The molecule has 0 N–H and O–H groups in total. The van der Waals surface area contributed by atoms with Crippen LogP contribution in [0.15, 0.2) is 173 Å². The lowest BCUT2D eigenvalue weighted by Crippen LogP contribution is -1.93. The Labute approximate surface area is 270 Å². The van der Waals surface area contributed by atoms with Gasteiger partial charge in [0, 0.05) is 27.4 Å². The first kappa shape index (κ1) is 26.0. The van der Waals surface area contributed by atoms with Gasteiger partial charge in [0.25, 0.3) is 0 Å². The van der Waals surface area contributed by atoms with Gasteiger partial charge >= 0.3 is 0 Å². The third-order valence-corrected chi connectivity index (χ3v) is 9.43. The second-order valence-corrected chi connectivity index (χ2v) is 12.1. The van der Waals surface area contributed by atoms with Gasteiger partial charge in [-0.15, -0.1) is 0 Å². The Bertz CT molecular complexity index is 2760. The lowest BCUT2D eigenvalue weighted by Gasteiger charge is -2.10. The van der Waals surface area contributed by atoms with Crippen LogP contribution in [0.4, 0.5) is 0 Å². The molecule has 0 radical (unpaired) electrons.